The summed E-state index contributed by atoms with van der Waals surface area (Å²) in [6, 6.07) is 10.5. The van der Waals surface area contributed by atoms with Crippen LogP contribution in [0.3, 0.4) is 0 Å². The molecule has 2 rings (SSSR count). The Balaban J connectivity index is 2.39. The minimum absolute atomic E-state index is 0.0496. The molecule has 0 saturated heterocycles. The van der Waals surface area contributed by atoms with Crippen molar-refractivity contribution in [1.29, 1.82) is 5.26 Å². The molecule has 0 aliphatic heterocycles. The zero-order chi connectivity index (χ0) is 14.8. The van der Waals surface area contributed by atoms with Crippen LogP contribution >= 0.6 is 0 Å². The van der Waals surface area contributed by atoms with Crippen molar-refractivity contribution in [2.75, 3.05) is 0 Å². The quantitative estimate of drug-likeness (QED) is 0.770. The van der Waals surface area contributed by atoms with E-state index in [9.17, 15) is 17.6 Å². The van der Waals surface area contributed by atoms with Gasteiger partial charge in [0.2, 0.25) is 0 Å². The summed E-state index contributed by atoms with van der Waals surface area (Å²) in [7, 11) is 0. The molecule has 0 bridgehead atoms. The number of ether oxygens (including phenoxy) is 1. The van der Waals surface area contributed by atoms with E-state index in [1.165, 1.54) is 30.3 Å². The van der Waals surface area contributed by atoms with Crippen LogP contribution in [0.25, 0.3) is 11.1 Å². The van der Waals surface area contributed by atoms with E-state index >= 15 is 0 Å². The molecular weight excluding hydrogens is 274 g/mol. The van der Waals surface area contributed by atoms with Crippen molar-refractivity contribution in [1.82, 2.24) is 0 Å². The van der Waals surface area contributed by atoms with Gasteiger partial charge in [0.05, 0.1) is 11.6 Å². The molecule has 0 fully saturated rings. The summed E-state index contributed by atoms with van der Waals surface area (Å²) in [6.07, 6.45) is -4.78. The zero-order valence-corrected chi connectivity index (χ0v) is 9.91. The summed E-state index contributed by atoms with van der Waals surface area (Å²) in [5.41, 5.74) is 0.456. The highest BCUT2D eigenvalue weighted by Crippen LogP contribution is 2.29. The van der Waals surface area contributed by atoms with Crippen LogP contribution in [0.1, 0.15) is 5.56 Å². The normalized spacial score (nSPS) is 10.9. The van der Waals surface area contributed by atoms with Crippen LogP contribution < -0.4 is 4.74 Å². The molecule has 0 radical (unpaired) electrons. The molecule has 2 aromatic carbocycles. The molecule has 2 nitrogen and oxygen atoms in total. The second-order valence-corrected chi connectivity index (χ2v) is 3.85. The Morgan fingerprint density at radius 1 is 1.00 bits per heavy atom. The van der Waals surface area contributed by atoms with E-state index in [1.807, 2.05) is 6.07 Å². The van der Waals surface area contributed by atoms with E-state index in [0.29, 0.717) is 5.56 Å². The van der Waals surface area contributed by atoms with Gasteiger partial charge in [-0.15, -0.1) is 13.2 Å². The molecule has 0 aliphatic rings. The first-order valence-corrected chi connectivity index (χ1v) is 5.45. The zero-order valence-electron chi connectivity index (χ0n) is 9.91. The molecule has 0 N–H and O–H groups in total. The third-order valence-electron chi connectivity index (χ3n) is 2.51. The van der Waals surface area contributed by atoms with Crippen LogP contribution in [0.2, 0.25) is 0 Å². The lowest BCUT2D eigenvalue weighted by molar-refractivity contribution is -0.274. The Morgan fingerprint density at radius 3 is 2.20 bits per heavy atom. The molecular formula is C14H7F4NO. The third-order valence-corrected chi connectivity index (χ3v) is 2.51. The maximum atomic E-state index is 13.7. The van der Waals surface area contributed by atoms with Crippen molar-refractivity contribution in [3.63, 3.8) is 0 Å². The van der Waals surface area contributed by atoms with Gasteiger partial charge in [0.1, 0.15) is 11.6 Å². The topological polar surface area (TPSA) is 33.0 Å². The van der Waals surface area contributed by atoms with E-state index in [-0.39, 0.29) is 11.1 Å². The van der Waals surface area contributed by atoms with E-state index in [2.05, 4.69) is 4.74 Å². The predicted octanol–water partition coefficient (Wildman–Crippen LogP) is 4.26. The Kier molecular flexibility index (Phi) is 3.61. The molecule has 0 amide bonds. The Hall–Kier alpha value is -2.55. The highest BCUT2D eigenvalue weighted by Gasteiger charge is 2.31. The summed E-state index contributed by atoms with van der Waals surface area (Å²) in [5, 5.41) is 8.92. The Labute approximate surface area is 111 Å². The minimum atomic E-state index is -4.78. The molecule has 0 aromatic heterocycles. The maximum absolute atomic E-state index is 13.7. The molecule has 6 heteroatoms. The molecule has 0 unspecified atom stereocenters. The summed E-state index contributed by atoms with van der Waals surface area (Å²) in [6.45, 7) is 0. The van der Waals surface area contributed by atoms with Gasteiger partial charge in [0.25, 0.3) is 0 Å². The lowest BCUT2D eigenvalue weighted by Gasteiger charge is -2.10. The van der Waals surface area contributed by atoms with E-state index < -0.39 is 17.9 Å². The Morgan fingerprint density at radius 2 is 1.65 bits per heavy atom. The number of hydrogen-bond acceptors (Lipinski definition) is 2. The molecule has 20 heavy (non-hydrogen) atoms. The lowest BCUT2D eigenvalue weighted by atomic mass is 10.00. The highest BCUT2D eigenvalue weighted by atomic mass is 19.4. The van der Waals surface area contributed by atoms with Crippen molar-refractivity contribution >= 4 is 0 Å². The van der Waals surface area contributed by atoms with Gasteiger partial charge in [-0.1, -0.05) is 18.2 Å². The van der Waals surface area contributed by atoms with E-state index in [4.69, 9.17) is 5.26 Å². The fourth-order valence-electron chi connectivity index (χ4n) is 1.73. The van der Waals surface area contributed by atoms with E-state index in [1.54, 1.807) is 0 Å². The van der Waals surface area contributed by atoms with Crippen molar-refractivity contribution in [3.8, 4) is 22.9 Å². The van der Waals surface area contributed by atoms with Gasteiger partial charge in [0.15, 0.2) is 0 Å². The summed E-state index contributed by atoms with van der Waals surface area (Å²) in [5.74, 6) is -1.02. The summed E-state index contributed by atoms with van der Waals surface area (Å²) in [4.78, 5) is 0. The molecule has 2 aromatic rings. The van der Waals surface area contributed by atoms with Gasteiger partial charge in [-0.05, 0) is 29.8 Å². The maximum Gasteiger partial charge on any atom is 0.573 e. The number of halogens is 4. The lowest BCUT2D eigenvalue weighted by Crippen LogP contribution is -2.16. The minimum Gasteiger partial charge on any atom is -0.406 e. The second kappa shape index (κ2) is 5.21. The van der Waals surface area contributed by atoms with Gasteiger partial charge in [-0.3, -0.25) is 0 Å². The number of rotatable bonds is 2. The largest absolute Gasteiger partial charge is 0.573 e. The Bertz CT molecular complexity index is 656. The molecule has 102 valence electrons. The molecule has 0 aliphatic carbocycles. The predicted molar refractivity (Wildman–Crippen MR) is 63.2 cm³/mol. The first kappa shape index (κ1) is 13.9. The van der Waals surface area contributed by atoms with Crippen molar-refractivity contribution in [3.05, 3.63) is 53.8 Å². The van der Waals surface area contributed by atoms with Crippen LogP contribution in [0.15, 0.2) is 42.5 Å². The van der Waals surface area contributed by atoms with Gasteiger partial charge in [-0.25, -0.2) is 4.39 Å². The van der Waals surface area contributed by atoms with Gasteiger partial charge >= 0.3 is 6.36 Å². The molecule has 0 spiro atoms. The third kappa shape index (κ3) is 3.06. The first-order chi connectivity index (χ1) is 9.40. The standard InChI is InChI=1S/C14H7F4NO/c15-12-3-1-2-10(8-19)13(12)9-4-6-11(7-5-9)20-14(16,17)18/h1-7H. The van der Waals surface area contributed by atoms with Crippen LogP contribution in [-0.4, -0.2) is 6.36 Å². The van der Waals surface area contributed by atoms with Crippen molar-refractivity contribution in [2.45, 2.75) is 6.36 Å². The summed E-state index contributed by atoms with van der Waals surface area (Å²) >= 11 is 0. The monoisotopic (exact) mass is 281 g/mol. The smallest absolute Gasteiger partial charge is 0.406 e. The number of hydrogen-bond donors (Lipinski definition) is 0. The van der Waals surface area contributed by atoms with Gasteiger partial charge in [-0.2, -0.15) is 5.26 Å². The average Bonchev–Trinajstić information content (AvgIpc) is 2.38. The average molecular weight is 281 g/mol. The van der Waals surface area contributed by atoms with Crippen LogP contribution in [-0.2, 0) is 0 Å². The summed E-state index contributed by atoms with van der Waals surface area (Å²) < 4.78 is 53.5. The van der Waals surface area contributed by atoms with Crippen LogP contribution in [0.5, 0.6) is 5.75 Å². The van der Waals surface area contributed by atoms with Gasteiger partial charge < -0.3 is 4.74 Å². The fourth-order valence-corrected chi connectivity index (χ4v) is 1.73. The number of nitrogens with zero attached hydrogens (tertiary/aromatic N) is 1. The van der Waals surface area contributed by atoms with Crippen LogP contribution in [0, 0.1) is 17.1 Å². The molecule has 0 atom stereocenters. The number of nitriles is 1. The van der Waals surface area contributed by atoms with Crippen molar-refractivity contribution < 1.29 is 22.3 Å². The SMILES string of the molecule is N#Cc1cccc(F)c1-c1ccc(OC(F)(F)F)cc1. The van der Waals surface area contributed by atoms with E-state index in [0.717, 1.165) is 12.1 Å². The van der Waals surface area contributed by atoms with Crippen LogP contribution in [0.4, 0.5) is 17.6 Å². The van der Waals surface area contributed by atoms with Crippen molar-refractivity contribution in [2.24, 2.45) is 0 Å². The number of benzene rings is 2. The molecule has 0 heterocycles. The molecule has 0 saturated carbocycles. The first-order valence-electron chi connectivity index (χ1n) is 5.45. The number of alkyl halides is 3. The second-order valence-electron chi connectivity index (χ2n) is 3.85. The fraction of sp³-hybridized carbons (Fsp3) is 0.0714. The van der Waals surface area contributed by atoms with Gasteiger partial charge in [0, 0.05) is 5.56 Å². The highest BCUT2D eigenvalue weighted by molar-refractivity contribution is 5.71.